The van der Waals surface area contributed by atoms with E-state index >= 15 is 0 Å². The number of aliphatic carboxylic acids is 1. The third-order valence-corrected chi connectivity index (χ3v) is 2.45. The lowest BCUT2D eigenvalue weighted by Crippen LogP contribution is -2.24. The number of para-hydroxylation sites is 1. The maximum atomic E-state index is 10.8. The van der Waals surface area contributed by atoms with Crippen LogP contribution in [-0.2, 0) is 10.2 Å². The van der Waals surface area contributed by atoms with Gasteiger partial charge in [0.25, 0.3) is 0 Å². The smallest absolute Gasteiger partial charge is 0.305 e. The van der Waals surface area contributed by atoms with Crippen LogP contribution in [0.4, 0.5) is 0 Å². The number of methoxy groups -OCH3 is 1. The maximum absolute atomic E-state index is 10.8. The molecule has 0 amide bonds. The number of nitrogens with zero attached hydrogens (tertiary/aromatic N) is 1. The van der Waals surface area contributed by atoms with E-state index < -0.39 is 11.4 Å². The fourth-order valence-corrected chi connectivity index (χ4v) is 1.60. The predicted molar refractivity (Wildman–Crippen MR) is 58.2 cm³/mol. The van der Waals surface area contributed by atoms with E-state index in [9.17, 15) is 4.79 Å². The van der Waals surface area contributed by atoms with Gasteiger partial charge in [0.1, 0.15) is 5.75 Å². The number of rotatable bonds is 4. The first kappa shape index (κ1) is 12.1. The average molecular weight is 219 g/mol. The van der Waals surface area contributed by atoms with Gasteiger partial charge in [-0.1, -0.05) is 18.2 Å². The van der Waals surface area contributed by atoms with Crippen molar-refractivity contribution in [2.75, 3.05) is 7.11 Å². The fourth-order valence-electron chi connectivity index (χ4n) is 1.60. The molecule has 0 spiro atoms. The van der Waals surface area contributed by atoms with E-state index in [0.717, 1.165) is 0 Å². The minimum absolute atomic E-state index is 0.246. The van der Waals surface area contributed by atoms with Crippen LogP contribution >= 0.6 is 0 Å². The second-order valence-corrected chi connectivity index (χ2v) is 3.71. The molecule has 4 heteroatoms. The number of carbonyl (C=O) groups is 1. The molecule has 0 aliphatic carbocycles. The molecule has 1 aromatic rings. The standard InChI is InChI=1S/C12H13NO3/c1-12(8-13,7-11(14)15)9-5-3-4-6-10(9)16-2/h3-6H,7H2,1-2H3,(H,14,15). The van der Waals surface area contributed by atoms with Crippen molar-refractivity contribution >= 4 is 5.97 Å². The lowest BCUT2D eigenvalue weighted by Gasteiger charge is -2.22. The summed E-state index contributed by atoms with van der Waals surface area (Å²) in [6.07, 6.45) is -0.246. The Morgan fingerprint density at radius 1 is 1.56 bits per heavy atom. The van der Waals surface area contributed by atoms with E-state index in [1.165, 1.54) is 7.11 Å². The summed E-state index contributed by atoms with van der Waals surface area (Å²) < 4.78 is 5.13. The quantitative estimate of drug-likeness (QED) is 0.840. The van der Waals surface area contributed by atoms with Gasteiger partial charge in [-0.3, -0.25) is 4.79 Å². The Kier molecular flexibility index (Phi) is 3.51. The number of benzene rings is 1. The maximum Gasteiger partial charge on any atom is 0.305 e. The summed E-state index contributed by atoms with van der Waals surface area (Å²) in [4.78, 5) is 10.8. The molecule has 0 bridgehead atoms. The molecule has 0 saturated carbocycles. The third kappa shape index (κ3) is 2.31. The van der Waals surface area contributed by atoms with Crippen LogP contribution in [0.2, 0.25) is 0 Å². The van der Waals surface area contributed by atoms with Crippen molar-refractivity contribution in [3.63, 3.8) is 0 Å². The topological polar surface area (TPSA) is 70.3 Å². The number of hydrogen-bond acceptors (Lipinski definition) is 3. The zero-order valence-electron chi connectivity index (χ0n) is 9.23. The van der Waals surface area contributed by atoms with Crippen LogP contribution in [0.5, 0.6) is 5.75 Å². The minimum Gasteiger partial charge on any atom is -0.496 e. The number of carboxylic acids is 1. The van der Waals surface area contributed by atoms with Gasteiger partial charge >= 0.3 is 5.97 Å². The summed E-state index contributed by atoms with van der Waals surface area (Å²) in [5, 5.41) is 18.0. The molecule has 0 aliphatic rings. The molecule has 0 fully saturated rings. The second-order valence-electron chi connectivity index (χ2n) is 3.71. The molecule has 0 radical (unpaired) electrons. The van der Waals surface area contributed by atoms with Crippen molar-refractivity contribution in [1.29, 1.82) is 5.26 Å². The Bertz CT molecular complexity index is 436. The third-order valence-electron chi connectivity index (χ3n) is 2.45. The van der Waals surface area contributed by atoms with Gasteiger partial charge in [-0.25, -0.2) is 0 Å². The monoisotopic (exact) mass is 219 g/mol. The molecule has 16 heavy (non-hydrogen) atoms. The highest BCUT2D eigenvalue weighted by atomic mass is 16.5. The Hall–Kier alpha value is -2.02. The van der Waals surface area contributed by atoms with Crippen LogP contribution in [0.25, 0.3) is 0 Å². The van der Waals surface area contributed by atoms with Crippen LogP contribution in [0.15, 0.2) is 24.3 Å². The van der Waals surface area contributed by atoms with Crippen molar-refractivity contribution < 1.29 is 14.6 Å². The first-order valence-electron chi connectivity index (χ1n) is 4.80. The molecule has 0 aromatic heterocycles. The highest BCUT2D eigenvalue weighted by Gasteiger charge is 2.32. The number of hydrogen-bond donors (Lipinski definition) is 1. The molecule has 0 saturated heterocycles. The van der Waals surface area contributed by atoms with Gasteiger partial charge < -0.3 is 9.84 Å². The molecule has 0 aliphatic heterocycles. The summed E-state index contributed by atoms with van der Waals surface area (Å²) in [6.45, 7) is 1.60. The lowest BCUT2D eigenvalue weighted by molar-refractivity contribution is -0.137. The molecule has 1 atom stereocenters. The van der Waals surface area contributed by atoms with Gasteiger partial charge in [-0.05, 0) is 13.0 Å². The largest absolute Gasteiger partial charge is 0.496 e. The first-order chi connectivity index (χ1) is 7.53. The van der Waals surface area contributed by atoms with Gasteiger partial charge in [0.15, 0.2) is 0 Å². The van der Waals surface area contributed by atoms with Gasteiger partial charge in [0, 0.05) is 5.56 Å². The highest BCUT2D eigenvalue weighted by Crippen LogP contribution is 2.33. The van der Waals surface area contributed by atoms with E-state index in [0.29, 0.717) is 11.3 Å². The van der Waals surface area contributed by atoms with Crippen molar-refractivity contribution in [2.45, 2.75) is 18.8 Å². The van der Waals surface area contributed by atoms with Crippen LogP contribution < -0.4 is 4.74 Å². The van der Waals surface area contributed by atoms with Crippen LogP contribution in [0, 0.1) is 11.3 Å². The predicted octanol–water partition coefficient (Wildman–Crippen LogP) is 1.95. The van der Waals surface area contributed by atoms with E-state index in [4.69, 9.17) is 15.1 Å². The van der Waals surface area contributed by atoms with Crippen LogP contribution in [0.3, 0.4) is 0 Å². The summed E-state index contributed by atoms with van der Waals surface area (Å²) in [6, 6.07) is 9.01. The molecule has 0 heterocycles. The zero-order valence-corrected chi connectivity index (χ0v) is 9.23. The lowest BCUT2D eigenvalue weighted by atomic mass is 9.80. The van der Waals surface area contributed by atoms with Gasteiger partial charge in [0.05, 0.1) is 25.0 Å². The SMILES string of the molecule is COc1ccccc1C(C)(C#N)CC(=O)O. The first-order valence-corrected chi connectivity index (χ1v) is 4.80. The average Bonchev–Trinajstić information content (AvgIpc) is 2.28. The van der Waals surface area contributed by atoms with Crippen molar-refractivity contribution in [1.82, 2.24) is 0 Å². The Balaban J connectivity index is 3.23. The van der Waals surface area contributed by atoms with E-state index in [2.05, 4.69) is 0 Å². The summed E-state index contributed by atoms with van der Waals surface area (Å²) in [7, 11) is 1.50. The second kappa shape index (κ2) is 4.67. The van der Waals surface area contributed by atoms with E-state index in [-0.39, 0.29) is 6.42 Å². The summed E-state index contributed by atoms with van der Waals surface area (Å²) in [5.41, 5.74) is -0.472. The van der Waals surface area contributed by atoms with Crippen LogP contribution in [-0.4, -0.2) is 18.2 Å². The van der Waals surface area contributed by atoms with Gasteiger partial charge in [-0.15, -0.1) is 0 Å². The van der Waals surface area contributed by atoms with E-state index in [1.807, 2.05) is 6.07 Å². The summed E-state index contributed by atoms with van der Waals surface area (Å²) >= 11 is 0. The van der Waals surface area contributed by atoms with Crippen molar-refractivity contribution in [3.8, 4) is 11.8 Å². The molecule has 1 rings (SSSR count). The number of ether oxygens (including phenoxy) is 1. The van der Waals surface area contributed by atoms with Crippen molar-refractivity contribution in [2.24, 2.45) is 0 Å². The van der Waals surface area contributed by atoms with Gasteiger partial charge in [0.2, 0.25) is 0 Å². The molecule has 1 unspecified atom stereocenters. The summed E-state index contributed by atoms with van der Waals surface area (Å²) in [5.74, 6) is -0.470. The molecular formula is C12H13NO3. The molecule has 84 valence electrons. The molecule has 1 aromatic carbocycles. The minimum atomic E-state index is -1.07. The van der Waals surface area contributed by atoms with Crippen LogP contribution in [0.1, 0.15) is 18.9 Å². The van der Waals surface area contributed by atoms with Gasteiger partial charge in [-0.2, -0.15) is 5.26 Å². The van der Waals surface area contributed by atoms with Crippen molar-refractivity contribution in [3.05, 3.63) is 29.8 Å². The Morgan fingerprint density at radius 3 is 2.69 bits per heavy atom. The number of carboxylic acid groups (broad SMARTS) is 1. The normalized spacial score (nSPS) is 13.6. The zero-order chi connectivity index (χ0) is 12.2. The fraction of sp³-hybridized carbons (Fsp3) is 0.333. The molecular weight excluding hydrogens is 206 g/mol. The number of nitriles is 1. The highest BCUT2D eigenvalue weighted by molar-refractivity contribution is 5.70. The molecule has 1 N–H and O–H groups in total. The Morgan fingerprint density at radius 2 is 2.19 bits per heavy atom. The Labute approximate surface area is 94.1 Å². The van der Waals surface area contributed by atoms with E-state index in [1.54, 1.807) is 31.2 Å². The molecule has 4 nitrogen and oxygen atoms in total.